The molecular formula is C25H21ClN2O5S. The molecule has 0 radical (unpaired) electrons. The summed E-state index contributed by atoms with van der Waals surface area (Å²) in [5.41, 5.74) is 2.37. The van der Waals surface area contributed by atoms with E-state index in [9.17, 15) is 18.0 Å². The molecule has 0 aliphatic carbocycles. The van der Waals surface area contributed by atoms with E-state index in [1.165, 1.54) is 22.2 Å². The lowest BCUT2D eigenvalue weighted by molar-refractivity contribution is 0.0603. The summed E-state index contributed by atoms with van der Waals surface area (Å²) < 4.78 is 32.4. The molecule has 0 unspecified atom stereocenters. The number of para-hydroxylation sites is 1. The van der Waals surface area contributed by atoms with Gasteiger partial charge in [-0.2, -0.15) is 0 Å². The summed E-state index contributed by atoms with van der Waals surface area (Å²) in [6.07, 6.45) is 2.58. The van der Waals surface area contributed by atoms with Gasteiger partial charge >= 0.3 is 5.97 Å². The summed E-state index contributed by atoms with van der Waals surface area (Å²) in [4.78, 5) is 25.4. The van der Waals surface area contributed by atoms with Crippen molar-refractivity contribution in [3.8, 4) is 0 Å². The number of sulfonamides is 1. The van der Waals surface area contributed by atoms with E-state index in [0.717, 1.165) is 11.8 Å². The number of ether oxygens (including phenoxy) is 1. The number of fused-ring (bicyclic) bond motifs is 1. The molecule has 1 heterocycles. The Kier molecular flexibility index (Phi) is 6.45. The zero-order chi connectivity index (χ0) is 24.5. The lowest BCUT2D eigenvalue weighted by atomic mass is 10.1. The van der Waals surface area contributed by atoms with Crippen molar-refractivity contribution in [2.24, 2.45) is 0 Å². The lowest BCUT2D eigenvalue weighted by Crippen LogP contribution is -2.29. The number of aromatic nitrogens is 1. The third-order valence-electron chi connectivity index (χ3n) is 5.38. The first-order valence-corrected chi connectivity index (χ1v) is 12.5. The van der Waals surface area contributed by atoms with Crippen LogP contribution in [0.15, 0.2) is 79.0 Å². The smallest absolute Gasteiger partial charge is 0.340 e. The maximum atomic E-state index is 13.3. The highest BCUT2D eigenvalue weighted by atomic mass is 35.5. The number of esters is 1. The highest BCUT2D eigenvalue weighted by molar-refractivity contribution is 7.92. The lowest BCUT2D eigenvalue weighted by Gasteiger charge is -2.23. The van der Waals surface area contributed by atoms with Crippen molar-refractivity contribution in [3.05, 3.63) is 101 Å². The number of rotatable bonds is 6. The van der Waals surface area contributed by atoms with Crippen LogP contribution in [0.5, 0.6) is 0 Å². The SMILES string of the molecule is COC(=O)c1cn(C(=O)c2ccc(N(Cc3ccc(Cl)cc3)S(C)(=O)=O)cc2)c2ccccc12. The van der Waals surface area contributed by atoms with E-state index in [4.69, 9.17) is 16.3 Å². The normalized spacial score (nSPS) is 11.4. The Bertz CT molecular complexity index is 1480. The fraction of sp³-hybridized carbons (Fsp3) is 0.120. The van der Waals surface area contributed by atoms with E-state index in [2.05, 4.69) is 0 Å². The molecule has 0 bridgehead atoms. The van der Waals surface area contributed by atoms with Crippen molar-refractivity contribution in [1.29, 1.82) is 0 Å². The third-order valence-corrected chi connectivity index (χ3v) is 6.77. The van der Waals surface area contributed by atoms with Gasteiger partial charge in [0.15, 0.2) is 0 Å². The predicted molar refractivity (Wildman–Crippen MR) is 132 cm³/mol. The van der Waals surface area contributed by atoms with Crippen molar-refractivity contribution in [1.82, 2.24) is 4.57 Å². The van der Waals surface area contributed by atoms with Crippen molar-refractivity contribution in [3.63, 3.8) is 0 Å². The molecule has 0 N–H and O–H groups in total. The van der Waals surface area contributed by atoms with E-state index >= 15 is 0 Å². The molecule has 0 aliphatic rings. The Labute approximate surface area is 202 Å². The average molecular weight is 497 g/mol. The van der Waals surface area contributed by atoms with E-state index < -0.39 is 16.0 Å². The highest BCUT2D eigenvalue weighted by Gasteiger charge is 2.21. The van der Waals surface area contributed by atoms with Gasteiger partial charge in [0.05, 0.1) is 36.7 Å². The summed E-state index contributed by atoms with van der Waals surface area (Å²) >= 11 is 5.92. The topological polar surface area (TPSA) is 85.7 Å². The maximum absolute atomic E-state index is 13.3. The monoisotopic (exact) mass is 496 g/mol. The van der Waals surface area contributed by atoms with Gasteiger partial charge in [-0.05, 0) is 48.0 Å². The fourth-order valence-corrected chi connectivity index (χ4v) is 4.70. The molecule has 0 spiro atoms. The minimum atomic E-state index is -3.59. The van der Waals surface area contributed by atoms with E-state index in [1.807, 2.05) is 0 Å². The molecule has 4 aromatic rings. The van der Waals surface area contributed by atoms with Gasteiger partial charge in [0.2, 0.25) is 10.0 Å². The Morgan fingerprint density at radius 1 is 0.971 bits per heavy atom. The standard InChI is InChI=1S/C25H21ClN2O5S/c1-33-25(30)22-16-27(23-6-4-3-5-21(22)23)24(29)18-9-13-20(14-10-18)28(34(2,31)32)15-17-7-11-19(26)12-8-17/h3-14,16H,15H2,1-2H3. The number of carbonyl (C=O) groups is 2. The second kappa shape index (κ2) is 9.32. The van der Waals surface area contributed by atoms with Gasteiger partial charge in [-0.15, -0.1) is 0 Å². The van der Waals surface area contributed by atoms with Gasteiger partial charge in [0, 0.05) is 22.2 Å². The number of hydrogen-bond acceptors (Lipinski definition) is 5. The molecule has 174 valence electrons. The molecular weight excluding hydrogens is 476 g/mol. The van der Waals surface area contributed by atoms with Crippen molar-refractivity contribution < 1.29 is 22.7 Å². The van der Waals surface area contributed by atoms with Gasteiger partial charge in [-0.3, -0.25) is 13.7 Å². The van der Waals surface area contributed by atoms with Crippen LogP contribution in [0.2, 0.25) is 5.02 Å². The number of halogens is 1. The number of carbonyl (C=O) groups excluding carboxylic acids is 2. The second-order valence-electron chi connectivity index (χ2n) is 7.67. The van der Waals surface area contributed by atoms with Crippen LogP contribution in [0.25, 0.3) is 10.9 Å². The Morgan fingerprint density at radius 2 is 1.62 bits per heavy atom. The van der Waals surface area contributed by atoms with Gasteiger partial charge < -0.3 is 4.74 Å². The number of methoxy groups -OCH3 is 1. The zero-order valence-corrected chi connectivity index (χ0v) is 20.0. The first-order valence-electron chi connectivity index (χ1n) is 10.2. The van der Waals surface area contributed by atoms with E-state index in [1.54, 1.807) is 72.8 Å². The minimum absolute atomic E-state index is 0.119. The fourth-order valence-electron chi connectivity index (χ4n) is 3.69. The third kappa shape index (κ3) is 4.69. The number of hydrogen-bond donors (Lipinski definition) is 0. The first kappa shape index (κ1) is 23.5. The van der Waals surface area contributed by atoms with Crippen LogP contribution in [0, 0.1) is 0 Å². The molecule has 0 fully saturated rings. The molecule has 1 aromatic heterocycles. The number of benzene rings is 3. The largest absolute Gasteiger partial charge is 0.465 e. The number of anilines is 1. The first-order chi connectivity index (χ1) is 16.2. The summed E-state index contributed by atoms with van der Waals surface area (Å²) in [7, 11) is -2.31. The Hall–Kier alpha value is -3.62. The molecule has 0 amide bonds. The van der Waals surface area contributed by atoms with Crippen LogP contribution in [0.1, 0.15) is 26.3 Å². The van der Waals surface area contributed by atoms with E-state index in [0.29, 0.717) is 27.2 Å². The molecule has 7 nitrogen and oxygen atoms in total. The molecule has 0 saturated heterocycles. The van der Waals surface area contributed by atoms with Crippen LogP contribution in [-0.4, -0.2) is 38.2 Å². The predicted octanol–water partition coefficient (Wildman–Crippen LogP) is 4.74. The molecule has 0 aliphatic heterocycles. The highest BCUT2D eigenvalue weighted by Crippen LogP contribution is 2.25. The minimum Gasteiger partial charge on any atom is -0.465 e. The van der Waals surface area contributed by atoms with Crippen LogP contribution in [-0.2, 0) is 21.3 Å². The molecule has 34 heavy (non-hydrogen) atoms. The summed E-state index contributed by atoms with van der Waals surface area (Å²) in [5, 5.41) is 1.16. The van der Waals surface area contributed by atoms with Crippen LogP contribution in [0.4, 0.5) is 5.69 Å². The van der Waals surface area contributed by atoms with Gasteiger partial charge in [0.1, 0.15) is 0 Å². The average Bonchev–Trinajstić information content (AvgIpc) is 3.22. The van der Waals surface area contributed by atoms with Crippen LogP contribution >= 0.6 is 11.6 Å². The quantitative estimate of drug-likeness (QED) is 0.360. The second-order valence-corrected chi connectivity index (χ2v) is 10.0. The molecule has 0 saturated carbocycles. The van der Waals surface area contributed by atoms with Gasteiger partial charge in [-0.1, -0.05) is 41.9 Å². The van der Waals surface area contributed by atoms with Gasteiger partial charge in [0.25, 0.3) is 5.91 Å². The Balaban J connectivity index is 1.67. The van der Waals surface area contributed by atoms with Crippen molar-refractivity contribution in [2.45, 2.75) is 6.54 Å². The Morgan fingerprint density at radius 3 is 2.24 bits per heavy atom. The van der Waals surface area contributed by atoms with Crippen LogP contribution in [0.3, 0.4) is 0 Å². The molecule has 9 heteroatoms. The van der Waals surface area contributed by atoms with Gasteiger partial charge in [-0.25, -0.2) is 13.2 Å². The summed E-state index contributed by atoms with van der Waals surface area (Å²) in [6, 6.07) is 20.2. The zero-order valence-electron chi connectivity index (χ0n) is 18.4. The molecule has 0 atom stereocenters. The number of nitrogens with zero attached hydrogens (tertiary/aromatic N) is 2. The molecule has 3 aromatic carbocycles. The summed E-state index contributed by atoms with van der Waals surface area (Å²) in [6.45, 7) is 0.119. The molecule has 4 rings (SSSR count). The van der Waals surface area contributed by atoms with Crippen molar-refractivity contribution >= 4 is 50.1 Å². The van der Waals surface area contributed by atoms with Crippen LogP contribution < -0.4 is 4.31 Å². The summed E-state index contributed by atoms with van der Waals surface area (Å²) in [5.74, 6) is -0.898. The van der Waals surface area contributed by atoms with Crippen molar-refractivity contribution in [2.75, 3.05) is 17.7 Å². The maximum Gasteiger partial charge on any atom is 0.340 e. The van der Waals surface area contributed by atoms with E-state index in [-0.39, 0.29) is 18.0 Å².